The molecular weight excluding hydrogens is 632 g/mol. The van der Waals surface area contributed by atoms with Crippen molar-refractivity contribution in [1.29, 1.82) is 0 Å². The number of rotatable bonds is 2. The normalized spacial score (nSPS) is 21.0. The lowest BCUT2D eigenvalue weighted by Gasteiger charge is -2.39. The fourth-order valence-corrected chi connectivity index (χ4v) is 7.26. The lowest BCUT2D eigenvalue weighted by atomic mass is 9.87. The number of aromatic nitrogens is 3. The van der Waals surface area contributed by atoms with Crippen molar-refractivity contribution in [2.75, 3.05) is 11.3 Å². The number of aryl methyl sites for hydroxylation is 2. The van der Waals surface area contributed by atoms with Gasteiger partial charge in [-0.15, -0.1) is 8.78 Å². The van der Waals surface area contributed by atoms with Crippen molar-refractivity contribution < 1.29 is 41.0 Å². The Morgan fingerprint density at radius 1 is 1.02 bits per heavy atom. The van der Waals surface area contributed by atoms with Crippen LogP contribution in [0.4, 0.5) is 14.7 Å². The van der Waals surface area contributed by atoms with E-state index in [9.17, 15) is 17.2 Å². The first kappa shape index (κ1) is 31.1. The average molecular weight is 667 g/mol. The minimum atomic E-state index is -4.17. The van der Waals surface area contributed by atoms with Crippen LogP contribution < -0.4 is 28.5 Å². The fraction of sp³-hybridized carbons (Fsp3) is 0.364. The van der Waals surface area contributed by atoms with E-state index in [0.717, 1.165) is 16.7 Å². The molecule has 2 aromatic carbocycles. The van der Waals surface area contributed by atoms with E-state index in [1.165, 1.54) is 29.1 Å². The molecule has 2 atom stereocenters. The van der Waals surface area contributed by atoms with Crippen LogP contribution in [0.5, 0.6) is 17.4 Å². The number of hydrogen-bond donors (Lipinski definition) is 1. The van der Waals surface area contributed by atoms with Crippen LogP contribution in [0.25, 0.3) is 11.3 Å². The Hall–Kier alpha value is -4.56. The SMILES string of the molecule is Cc1cccc(C)c1-c1cc2nc(n1)NS(=O)(=O)c1cccc(c1)C1O[n+]3cc4c(cc3CN1[C@H](CC(C)(C)C)CO2)OC(F)(F)O4. The number of fused-ring (bicyclic) bond motifs is 8. The van der Waals surface area contributed by atoms with Gasteiger partial charge >= 0.3 is 6.29 Å². The van der Waals surface area contributed by atoms with Crippen molar-refractivity contribution in [3.8, 4) is 28.6 Å². The number of nitrogens with zero attached hydrogens (tertiary/aromatic N) is 4. The van der Waals surface area contributed by atoms with E-state index in [4.69, 9.17) is 14.3 Å². The second kappa shape index (κ2) is 11.0. The number of hydrogen-bond acceptors (Lipinski definition) is 9. The molecule has 14 heteroatoms. The Kier molecular flexibility index (Phi) is 7.28. The molecule has 11 nitrogen and oxygen atoms in total. The quantitative estimate of drug-likeness (QED) is 0.284. The number of anilines is 1. The van der Waals surface area contributed by atoms with E-state index in [1.54, 1.807) is 18.2 Å². The Balaban J connectivity index is 1.37. The molecule has 0 fully saturated rings. The highest BCUT2D eigenvalue weighted by Gasteiger charge is 2.48. The average Bonchev–Trinajstić information content (AvgIpc) is 3.28. The van der Waals surface area contributed by atoms with Crippen LogP contribution in [0.3, 0.4) is 0 Å². The minimum Gasteiger partial charge on any atom is -0.476 e. The number of ether oxygens (including phenoxy) is 3. The zero-order valence-corrected chi connectivity index (χ0v) is 27.3. The summed E-state index contributed by atoms with van der Waals surface area (Å²) in [4.78, 5) is 17.5. The number of benzene rings is 2. The first-order valence-corrected chi connectivity index (χ1v) is 16.6. The van der Waals surface area contributed by atoms with Crippen LogP contribution in [-0.2, 0) is 16.6 Å². The van der Waals surface area contributed by atoms with Gasteiger partial charge in [0, 0.05) is 28.0 Å². The first-order valence-electron chi connectivity index (χ1n) is 15.1. The van der Waals surface area contributed by atoms with E-state index in [1.807, 2.05) is 36.9 Å². The monoisotopic (exact) mass is 666 g/mol. The van der Waals surface area contributed by atoms with Gasteiger partial charge in [0.25, 0.3) is 28.1 Å². The Morgan fingerprint density at radius 3 is 2.49 bits per heavy atom. The summed E-state index contributed by atoms with van der Waals surface area (Å²) in [6, 6.07) is 15.1. The van der Waals surface area contributed by atoms with Gasteiger partial charge in [-0.3, -0.25) is 0 Å². The molecule has 5 heterocycles. The zero-order chi connectivity index (χ0) is 33.3. The van der Waals surface area contributed by atoms with E-state index >= 15 is 0 Å². The summed E-state index contributed by atoms with van der Waals surface area (Å²) in [7, 11) is -4.17. The lowest BCUT2D eigenvalue weighted by molar-refractivity contribution is -0.918. The highest BCUT2D eigenvalue weighted by Crippen LogP contribution is 2.42. The van der Waals surface area contributed by atoms with Crippen LogP contribution in [0.2, 0.25) is 0 Å². The van der Waals surface area contributed by atoms with Gasteiger partial charge < -0.3 is 14.2 Å². The highest BCUT2D eigenvalue weighted by molar-refractivity contribution is 7.92. The Labute approximate surface area is 271 Å². The Morgan fingerprint density at radius 2 is 1.74 bits per heavy atom. The van der Waals surface area contributed by atoms with Crippen LogP contribution in [0, 0.1) is 19.3 Å². The van der Waals surface area contributed by atoms with E-state index < -0.39 is 22.5 Å². The lowest BCUT2D eigenvalue weighted by Crippen LogP contribution is -2.60. The summed E-state index contributed by atoms with van der Waals surface area (Å²) >= 11 is 0. The molecule has 2 aromatic heterocycles. The summed E-state index contributed by atoms with van der Waals surface area (Å²) in [6.07, 6.45) is -2.70. The number of alkyl halides is 2. The molecule has 4 aromatic rings. The molecule has 3 aliphatic rings. The van der Waals surface area contributed by atoms with E-state index in [0.29, 0.717) is 23.4 Å². The molecule has 4 bridgehead atoms. The minimum absolute atomic E-state index is 0.0326. The second-order valence-corrected chi connectivity index (χ2v) is 14.9. The molecule has 0 amide bonds. The topological polar surface area (TPSA) is 116 Å². The highest BCUT2D eigenvalue weighted by atomic mass is 32.2. The maximum Gasteiger partial charge on any atom is 0.586 e. The molecule has 1 N–H and O–H groups in total. The van der Waals surface area contributed by atoms with Crippen LogP contribution in [-0.4, -0.2) is 42.2 Å². The van der Waals surface area contributed by atoms with Gasteiger partial charge in [-0.2, -0.15) is 4.98 Å². The van der Waals surface area contributed by atoms with Gasteiger partial charge in [-0.1, -0.05) is 51.1 Å². The second-order valence-electron chi connectivity index (χ2n) is 13.2. The molecule has 47 heavy (non-hydrogen) atoms. The molecule has 0 spiro atoms. The summed E-state index contributed by atoms with van der Waals surface area (Å²) < 4.78 is 75.1. The molecule has 246 valence electrons. The standard InChI is InChI=1S/C33H34F2N5O6S/c1-19-8-6-9-20(2)29(19)25-14-28-37-31(36-25)38-47(41,42)24-11-7-10-21(12-24)30-39(23(18-43-28)15-32(3,4)5)16-22-13-26-27(17-40(22)46-30)45-33(34,35)44-26/h6-14,17,23,30H,15-16,18H2,1-5H3,(H,36,37,38)/q+1/t23-,30?/m1/s1. The third-order valence-corrected chi connectivity index (χ3v) is 9.56. The summed E-state index contributed by atoms with van der Waals surface area (Å²) in [5.74, 6) is -0.218. The number of sulfonamides is 1. The van der Waals surface area contributed by atoms with Gasteiger partial charge in [-0.25, -0.2) is 27.9 Å². The van der Waals surface area contributed by atoms with Gasteiger partial charge in [0.15, 0.2) is 5.75 Å². The van der Waals surface area contributed by atoms with Crippen molar-refractivity contribution in [3.05, 3.63) is 83.2 Å². The summed E-state index contributed by atoms with van der Waals surface area (Å²) in [5, 5.41) is 0. The maximum absolute atomic E-state index is 14.0. The summed E-state index contributed by atoms with van der Waals surface area (Å²) in [5.41, 5.74) is 4.15. The third kappa shape index (κ3) is 6.14. The van der Waals surface area contributed by atoms with Crippen molar-refractivity contribution in [2.24, 2.45) is 5.41 Å². The zero-order valence-electron chi connectivity index (χ0n) is 26.5. The number of halogens is 2. The summed E-state index contributed by atoms with van der Waals surface area (Å²) in [6.45, 7) is 10.6. The largest absolute Gasteiger partial charge is 0.586 e. The molecule has 0 saturated heterocycles. The van der Waals surface area contributed by atoms with Crippen molar-refractivity contribution in [3.63, 3.8) is 0 Å². The molecule has 0 saturated carbocycles. The predicted octanol–water partition coefficient (Wildman–Crippen LogP) is 5.31. The van der Waals surface area contributed by atoms with Crippen molar-refractivity contribution >= 4 is 16.0 Å². The van der Waals surface area contributed by atoms with Crippen LogP contribution in [0.1, 0.15) is 55.8 Å². The molecule has 0 aliphatic carbocycles. The van der Waals surface area contributed by atoms with Crippen LogP contribution in [0.15, 0.2) is 65.7 Å². The maximum atomic E-state index is 14.0. The van der Waals surface area contributed by atoms with Crippen molar-refractivity contribution in [2.45, 2.75) is 71.0 Å². The number of nitrogens with one attached hydrogen (secondary N) is 1. The third-order valence-electron chi connectivity index (χ3n) is 8.23. The molecule has 1 unspecified atom stereocenters. The van der Waals surface area contributed by atoms with Gasteiger partial charge in [0.1, 0.15) is 6.61 Å². The van der Waals surface area contributed by atoms with Gasteiger partial charge in [0.05, 0.1) is 23.2 Å². The first-order chi connectivity index (χ1) is 22.1. The fourth-order valence-electron chi connectivity index (χ4n) is 6.26. The predicted molar refractivity (Wildman–Crippen MR) is 165 cm³/mol. The number of pyridine rings is 1. The smallest absolute Gasteiger partial charge is 0.476 e. The molecular formula is C33H34F2N5O6S+. The van der Waals surface area contributed by atoms with Crippen molar-refractivity contribution in [1.82, 2.24) is 14.9 Å². The molecule has 0 radical (unpaired) electrons. The Bertz CT molecular complexity index is 1980. The van der Waals surface area contributed by atoms with Crippen LogP contribution >= 0.6 is 0 Å². The van der Waals surface area contributed by atoms with E-state index in [2.05, 4.69) is 40.2 Å². The molecule has 3 aliphatic heterocycles. The van der Waals surface area contributed by atoms with Gasteiger partial charge in [-0.05, 0) is 48.9 Å². The molecule has 7 rings (SSSR count). The van der Waals surface area contributed by atoms with Gasteiger partial charge in [0.2, 0.25) is 17.6 Å². The van der Waals surface area contributed by atoms with E-state index in [-0.39, 0.29) is 52.8 Å².